The van der Waals surface area contributed by atoms with Gasteiger partial charge in [0.25, 0.3) is 0 Å². The number of amides is 1. The fraction of sp³-hybridized carbons (Fsp3) is 0.529. The van der Waals surface area contributed by atoms with Crippen LogP contribution in [0.3, 0.4) is 0 Å². The molecule has 1 fully saturated rings. The van der Waals surface area contributed by atoms with Crippen LogP contribution < -0.4 is 0 Å². The first-order chi connectivity index (χ1) is 11.0. The third-order valence-electron chi connectivity index (χ3n) is 4.42. The molecule has 1 atom stereocenters. The summed E-state index contributed by atoms with van der Waals surface area (Å²) in [7, 11) is 1.91. The average molecular weight is 313 g/mol. The summed E-state index contributed by atoms with van der Waals surface area (Å²) in [6.45, 7) is 5.51. The minimum Gasteiger partial charge on any atom is -0.342 e. The summed E-state index contributed by atoms with van der Waals surface area (Å²) < 4.78 is 1.82. The fourth-order valence-corrected chi connectivity index (χ4v) is 3.17. The van der Waals surface area contributed by atoms with Gasteiger partial charge in [0.1, 0.15) is 5.82 Å². The molecule has 122 valence electrons. The number of carbonyl (C=O) groups excluding carboxylic acids is 1. The van der Waals surface area contributed by atoms with Gasteiger partial charge in [0.2, 0.25) is 5.91 Å². The molecule has 2 aromatic rings. The number of likely N-dealkylation sites (tertiary alicyclic amines) is 1. The second-order valence-corrected chi connectivity index (χ2v) is 6.28. The van der Waals surface area contributed by atoms with Gasteiger partial charge in [0.05, 0.1) is 0 Å². The first-order valence-corrected chi connectivity index (χ1v) is 8.10. The molecule has 1 saturated heterocycles. The van der Waals surface area contributed by atoms with Crippen molar-refractivity contribution in [2.24, 2.45) is 7.05 Å². The van der Waals surface area contributed by atoms with Gasteiger partial charge in [-0.2, -0.15) is 5.10 Å². The molecule has 0 N–H and O–H groups in total. The molecule has 0 aliphatic carbocycles. The van der Waals surface area contributed by atoms with Gasteiger partial charge < -0.3 is 4.90 Å². The van der Waals surface area contributed by atoms with E-state index < -0.39 is 0 Å². The molecule has 1 amide bonds. The Morgan fingerprint density at radius 1 is 1.30 bits per heavy atom. The third-order valence-corrected chi connectivity index (χ3v) is 4.42. The standard InChI is InChI=1S/C17H23N5O/c1-12-10-13(2)20-17(19-12)14-7-9-22(11-14)16(23)5-4-15-6-8-18-21(15)3/h6,8,10,14H,4-5,7,9,11H2,1-3H3/t14-/m0/s1. The van der Waals surface area contributed by atoms with E-state index in [-0.39, 0.29) is 11.8 Å². The second-order valence-electron chi connectivity index (χ2n) is 6.28. The lowest BCUT2D eigenvalue weighted by atomic mass is 10.1. The molecule has 3 rings (SSSR count). The monoisotopic (exact) mass is 313 g/mol. The molecule has 1 aliphatic heterocycles. The van der Waals surface area contributed by atoms with Crippen molar-refractivity contribution >= 4 is 5.91 Å². The highest BCUT2D eigenvalue weighted by Crippen LogP contribution is 2.25. The molecule has 0 spiro atoms. The zero-order valence-electron chi connectivity index (χ0n) is 14.0. The van der Waals surface area contributed by atoms with Crippen LogP contribution in [0.2, 0.25) is 0 Å². The maximum absolute atomic E-state index is 12.4. The molecule has 6 nitrogen and oxygen atoms in total. The minimum absolute atomic E-state index is 0.207. The minimum atomic E-state index is 0.207. The van der Waals surface area contributed by atoms with Gasteiger partial charge in [-0.1, -0.05) is 0 Å². The average Bonchev–Trinajstić information content (AvgIpc) is 3.13. The Balaban J connectivity index is 1.58. The zero-order chi connectivity index (χ0) is 16.4. The van der Waals surface area contributed by atoms with Crippen molar-refractivity contribution in [2.75, 3.05) is 13.1 Å². The van der Waals surface area contributed by atoms with E-state index in [4.69, 9.17) is 0 Å². The molecule has 0 bridgehead atoms. The lowest BCUT2D eigenvalue weighted by molar-refractivity contribution is -0.130. The van der Waals surface area contributed by atoms with Gasteiger partial charge in [-0.15, -0.1) is 0 Å². The van der Waals surface area contributed by atoms with E-state index in [1.807, 2.05) is 42.6 Å². The first-order valence-electron chi connectivity index (χ1n) is 8.10. The highest BCUT2D eigenvalue weighted by molar-refractivity contribution is 5.76. The fourth-order valence-electron chi connectivity index (χ4n) is 3.17. The molecule has 0 saturated carbocycles. The highest BCUT2D eigenvalue weighted by Gasteiger charge is 2.29. The Morgan fingerprint density at radius 2 is 2.04 bits per heavy atom. The van der Waals surface area contributed by atoms with Crippen molar-refractivity contribution in [1.82, 2.24) is 24.6 Å². The van der Waals surface area contributed by atoms with Crippen LogP contribution in [-0.2, 0) is 18.3 Å². The SMILES string of the molecule is Cc1cc(C)nc([C@H]2CCN(C(=O)CCc3ccnn3C)C2)n1. The summed E-state index contributed by atoms with van der Waals surface area (Å²) in [5.41, 5.74) is 3.08. The van der Waals surface area contributed by atoms with E-state index in [1.165, 1.54) is 0 Å². The lowest BCUT2D eigenvalue weighted by Crippen LogP contribution is -2.29. The molecule has 23 heavy (non-hydrogen) atoms. The number of nitrogens with zero attached hydrogens (tertiary/aromatic N) is 5. The van der Waals surface area contributed by atoms with Gasteiger partial charge in [-0.3, -0.25) is 9.48 Å². The van der Waals surface area contributed by atoms with E-state index in [2.05, 4.69) is 15.1 Å². The van der Waals surface area contributed by atoms with Gasteiger partial charge in [-0.05, 0) is 38.8 Å². The predicted molar refractivity (Wildman–Crippen MR) is 87.0 cm³/mol. The Kier molecular flexibility index (Phi) is 4.41. The summed E-state index contributed by atoms with van der Waals surface area (Å²) in [6, 6.07) is 3.94. The van der Waals surface area contributed by atoms with Crippen molar-refractivity contribution in [3.63, 3.8) is 0 Å². The largest absolute Gasteiger partial charge is 0.342 e. The number of hydrogen-bond donors (Lipinski definition) is 0. The van der Waals surface area contributed by atoms with E-state index in [1.54, 1.807) is 6.20 Å². The molecular formula is C17H23N5O. The first kappa shape index (κ1) is 15.6. The van der Waals surface area contributed by atoms with E-state index in [9.17, 15) is 4.79 Å². The van der Waals surface area contributed by atoms with Gasteiger partial charge in [0, 0.05) is 55.8 Å². The van der Waals surface area contributed by atoms with Crippen molar-refractivity contribution in [2.45, 2.75) is 39.0 Å². The van der Waals surface area contributed by atoms with Crippen molar-refractivity contribution in [3.05, 3.63) is 41.2 Å². The van der Waals surface area contributed by atoms with Crippen molar-refractivity contribution < 1.29 is 4.79 Å². The second kappa shape index (κ2) is 6.48. The Labute approximate surface area is 136 Å². The van der Waals surface area contributed by atoms with E-state index in [0.717, 1.165) is 48.8 Å². The summed E-state index contributed by atoms with van der Waals surface area (Å²) in [4.78, 5) is 23.5. The smallest absolute Gasteiger partial charge is 0.222 e. The van der Waals surface area contributed by atoms with Crippen molar-refractivity contribution in [1.29, 1.82) is 0 Å². The number of carbonyl (C=O) groups is 1. The van der Waals surface area contributed by atoms with Gasteiger partial charge in [-0.25, -0.2) is 9.97 Å². The van der Waals surface area contributed by atoms with E-state index in [0.29, 0.717) is 6.42 Å². The molecule has 6 heteroatoms. The van der Waals surface area contributed by atoms with Gasteiger partial charge >= 0.3 is 0 Å². The van der Waals surface area contributed by atoms with E-state index >= 15 is 0 Å². The van der Waals surface area contributed by atoms with Crippen LogP contribution in [0.15, 0.2) is 18.3 Å². The zero-order valence-corrected chi connectivity index (χ0v) is 14.0. The topological polar surface area (TPSA) is 63.9 Å². The molecule has 2 aromatic heterocycles. The molecular weight excluding hydrogens is 290 g/mol. The van der Waals surface area contributed by atoms with Crippen LogP contribution in [0, 0.1) is 13.8 Å². The Hall–Kier alpha value is -2.24. The number of rotatable bonds is 4. The summed E-state index contributed by atoms with van der Waals surface area (Å²) in [6.07, 6.45) is 3.97. The van der Waals surface area contributed by atoms with Crippen LogP contribution in [0.4, 0.5) is 0 Å². The van der Waals surface area contributed by atoms with Gasteiger partial charge in [0.15, 0.2) is 0 Å². The van der Waals surface area contributed by atoms with Crippen LogP contribution in [-0.4, -0.2) is 43.6 Å². The van der Waals surface area contributed by atoms with Crippen LogP contribution in [0.5, 0.6) is 0 Å². The third kappa shape index (κ3) is 3.57. The lowest BCUT2D eigenvalue weighted by Gasteiger charge is -2.16. The van der Waals surface area contributed by atoms with Crippen LogP contribution >= 0.6 is 0 Å². The molecule has 0 unspecified atom stereocenters. The number of aryl methyl sites for hydroxylation is 4. The van der Waals surface area contributed by atoms with Crippen LogP contribution in [0.1, 0.15) is 41.7 Å². The summed E-state index contributed by atoms with van der Waals surface area (Å²) in [5.74, 6) is 1.34. The molecule has 0 radical (unpaired) electrons. The predicted octanol–water partition coefficient (Wildman–Crippen LogP) is 1.78. The number of aromatic nitrogens is 4. The number of hydrogen-bond acceptors (Lipinski definition) is 4. The quantitative estimate of drug-likeness (QED) is 0.863. The van der Waals surface area contributed by atoms with Crippen LogP contribution in [0.25, 0.3) is 0 Å². The maximum Gasteiger partial charge on any atom is 0.222 e. The summed E-state index contributed by atoms with van der Waals surface area (Å²) in [5, 5.41) is 4.14. The van der Waals surface area contributed by atoms with Crippen molar-refractivity contribution in [3.8, 4) is 0 Å². The maximum atomic E-state index is 12.4. The molecule has 0 aromatic carbocycles. The highest BCUT2D eigenvalue weighted by atomic mass is 16.2. The Bertz CT molecular complexity index is 689. The Morgan fingerprint density at radius 3 is 2.70 bits per heavy atom. The normalized spacial score (nSPS) is 17.7. The summed E-state index contributed by atoms with van der Waals surface area (Å²) >= 11 is 0. The molecule has 1 aliphatic rings. The molecule has 3 heterocycles.